The molecule has 1 aliphatic carbocycles. The minimum absolute atomic E-state index is 0. The first-order valence-electron chi connectivity index (χ1n) is 10.7. The first-order chi connectivity index (χ1) is 15.1. The maximum atomic E-state index is 13.8. The van der Waals surface area contributed by atoms with Gasteiger partial charge in [0.2, 0.25) is 0 Å². The lowest BCUT2D eigenvalue weighted by molar-refractivity contribution is -0.131. The van der Waals surface area contributed by atoms with Crippen LogP contribution in [0.5, 0.6) is 5.75 Å². The number of aliphatic carboxylic acids is 1. The highest BCUT2D eigenvalue weighted by Gasteiger charge is 2.28. The predicted octanol–water partition coefficient (Wildman–Crippen LogP) is 4.40. The molecule has 2 aromatic carbocycles. The molecule has 0 amide bonds. The zero-order valence-corrected chi connectivity index (χ0v) is 19.5. The van der Waals surface area contributed by atoms with Crippen LogP contribution in [0, 0.1) is 17.6 Å². The first-order valence-corrected chi connectivity index (χ1v) is 10.7. The predicted molar refractivity (Wildman–Crippen MR) is 126 cm³/mol. The van der Waals surface area contributed by atoms with Crippen LogP contribution in [-0.2, 0) is 17.6 Å². The fourth-order valence-electron chi connectivity index (χ4n) is 4.18. The molecule has 1 aliphatic rings. The van der Waals surface area contributed by atoms with Gasteiger partial charge in [-0.3, -0.25) is 0 Å². The van der Waals surface area contributed by atoms with Crippen LogP contribution in [0.4, 0.5) is 8.78 Å². The monoisotopic (exact) mass is 481 g/mol. The Bertz CT molecular complexity index is 971. The highest BCUT2D eigenvalue weighted by Crippen LogP contribution is 2.31. The Kier molecular flexibility index (Phi) is 9.40. The summed E-state index contributed by atoms with van der Waals surface area (Å²) < 4.78 is 33.0. The van der Waals surface area contributed by atoms with Crippen LogP contribution in [0.25, 0.3) is 6.08 Å². The molecule has 0 saturated carbocycles. The highest BCUT2D eigenvalue weighted by molar-refractivity contribution is 5.85. The van der Waals surface area contributed by atoms with Crippen LogP contribution < -0.4 is 10.1 Å². The highest BCUT2D eigenvalue weighted by atomic mass is 35.5. The summed E-state index contributed by atoms with van der Waals surface area (Å²) >= 11 is 0. The van der Waals surface area contributed by atoms with Crippen LogP contribution in [0.2, 0.25) is 0 Å². The summed E-state index contributed by atoms with van der Waals surface area (Å²) in [5.41, 5.74) is 2.38. The van der Waals surface area contributed by atoms with Crippen molar-refractivity contribution >= 4 is 24.5 Å². The largest absolute Gasteiger partial charge is 0.491 e. The van der Waals surface area contributed by atoms with Crippen molar-refractivity contribution in [1.82, 2.24) is 5.32 Å². The molecule has 1 atom stereocenters. The van der Waals surface area contributed by atoms with Crippen molar-refractivity contribution in [2.24, 2.45) is 5.92 Å². The van der Waals surface area contributed by atoms with Gasteiger partial charge >= 0.3 is 5.97 Å². The molecule has 0 bridgehead atoms. The van der Waals surface area contributed by atoms with Crippen molar-refractivity contribution in [2.75, 3.05) is 13.2 Å². The topological polar surface area (TPSA) is 78.8 Å². The van der Waals surface area contributed by atoms with Gasteiger partial charge < -0.3 is 20.3 Å². The van der Waals surface area contributed by atoms with E-state index in [0.717, 1.165) is 31.4 Å². The van der Waals surface area contributed by atoms with Gasteiger partial charge in [-0.15, -0.1) is 12.4 Å². The van der Waals surface area contributed by atoms with E-state index in [9.17, 15) is 18.7 Å². The molecule has 0 saturated heterocycles. The van der Waals surface area contributed by atoms with Gasteiger partial charge in [-0.25, -0.2) is 13.6 Å². The van der Waals surface area contributed by atoms with Crippen molar-refractivity contribution in [3.05, 3.63) is 70.8 Å². The van der Waals surface area contributed by atoms with Gasteiger partial charge in [0, 0.05) is 29.8 Å². The number of carboxylic acid groups (broad SMARTS) is 1. The summed E-state index contributed by atoms with van der Waals surface area (Å²) in [5.74, 6) is -3.04. The lowest BCUT2D eigenvalue weighted by atomic mass is 9.88. The number of carbonyl (C=O) groups is 1. The summed E-state index contributed by atoms with van der Waals surface area (Å²) in [6.45, 7) is 4.35. The lowest BCUT2D eigenvalue weighted by Crippen LogP contribution is -2.46. The van der Waals surface area contributed by atoms with Crippen molar-refractivity contribution in [3.8, 4) is 5.75 Å². The smallest absolute Gasteiger partial charge is 0.328 e. The van der Waals surface area contributed by atoms with E-state index in [-0.39, 0.29) is 42.4 Å². The summed E-state index contributed by atoms with van der Waals surface area (Å²) in [6, 6.07) is 10.6. The minimum atomic E-state index is -1.28. The molecule has 5 nitrogen and oxygen atoms in total. The number of fused-ring (bicyclic) bond motifs is 1. The molecule has 180 valence electrons. The average molecular weight is 482 g/mol. The van der Waals surface area contributed by atoms with Crippen LogP contribution in [0.3, 0.4) is 0 Å². The molecular formula is C25H30ClF2NO4. The quantitative estimate of drug-likeness (QED) is 0.438. The van der Waals surface area contributed by atoms with E-state index in [1.807, 2.05) is 0 Å². The van der Waals surface area contributed by atoms with Gasteiger partial charge in [0.05, 0.1) is 0 Å². The molecule has 0 aliphatic heterocycles. The first kappa shape index (κ1) is 26.8. The Balaban J connectivity index is 0.00000385. The number of benzene rings is 2. The summed E-state index contributed by atoms with van der Waals surface area (Å²) in [4.78, 5) is 10.6. The number of β-amino-alcohol motifs (C(OH)–C–C–N with tert-alkyl or cyclic N) is 1. The van der Waals surface area contributed by atoms with Crippen LogP contribution in [0.1, 0.15) is 37.0 Å². The molecule has 0 spiro atoms. The fraction of sp³-hybridized carbons (Fsp3) is 0.400. The average Bonchev–Trinajstić information content (AvgIpc) is 3.13. The van der Waals surface area contributed by atoms with Crippen LogP contribution in [-0.4, -0.2) is 41.0 Å². The number of halogens is 3. The van der Waals surface area contributed by atoms with Crippen molar-refractivity contribution in [2.45, 2.75) is 44.8 Å². The Morgan fingerprint density at radius 2 is 1.88 bits per heavy atom. The van der Waals surface area contributed by atoms with E-state index in [4.69, 9.17) is 9.84 Å². The Hall–Kier alpha value is -2.48. The Morgan fingerprint density at radius 3 is 2.48 bits per heavy atom. The lowest BCUT2D eigenvalue weighted by Gasteiger charge is -2.30. The number of carboxylic acids is 1. The fourth-order valence-corrected chi connectivity index (χ4v) is 4.18. The molecule has 0 unspecified atom stereocenters. The van der Waals surface area contributed by atoms with E-state index in [0.29, 0.717) is 12.0 Å². The van der Waals surface area contributed by atoms with Gasteiger partial charge in [-0.05, 0) is 62.3 Å². The molecule has 3 N–H and O–H groups in total. The van der Waals surface area contributed by atoms with Crippen molar-refractivity contribution in [1.29, 1.82) is 0 Å². The van der Waals surface area contributed by atoms with Crippen LogP contribution >= 0.6 is 12.4 Å². The molecule has 0 heterocycles. The number of hydrogen-bond acceptors (Lipinski definition) is 4. The third kappa shape index (κ3) is 7.81. The zero-order valence-electron chi connectivity index (χ0n) is 18.7. The normalized spacial score (nSPS) is 14.7. The van der Waals surface area contributed by atoms with Gasteiger partial charge in [0.25, 0.3) is 0 Å². The molecule has 8 heteroatoms. The van der Waals surface area contributed by atoms with Crippen molar-refractivity contribution < 1.29 is 28.5 Å². The number of ether oxygens (including phenoxy) is 1. The van der Waals surface area contributed by atoms with Crippen LogP contribution in [0.15, 0.2) is 42.5 Å². The van der Waals surface area contributed by atoms with E-state index < -0.39 is 23.7 Å². The number of nitrogens with one attached hydrogen (secondary N) is 1. The molecule has 33 heavy (non-hydrogen) atoms. The third-order valence-electron chi connectivity index (χ3n) is 5.63. The SMILES string of the molecule is CC(C)(CC1Cc2ccccc2C1)NC[C@@H](O)COc1cc(F)c(F)c(/C=C/C(=O)O)c1.Cl. The zero-order chi connectivity index (χ0) is 23.3. The maximum absolute atomic E-state index is 13.8. The molecule has 0 radical (unpaired) electrons. The van der Waals surface area contributed by atoms with E-state index in [1.54, 1.807) is 0 Å². The third-order valence-corrected chi connectivity index (χ3v) is 5.63. The number of rotatable bonds is 10. The second-order valence-corrected chi connectivity index (χ2v) is 8.96. The number of aliphatic hydroxyl groups is 1. The Morgan fingerprint density at radius 1 is 1.24 bits per heavy atom. The molecule has 0 aromatic heterocycles. The second-order valence-electron chi connectivity index (χ2n) is 8.96. The second kappa shape index (κ2) is 11.6. The molecule has 3 rings (SSSR count). The van der Waals surface area contributed by atoms with Gasteiger partial charge in [-0.1, -0.05) is 24.3 Å². The van der Waals surface area contributed by atoms with Gasteiger partial charge in [-0.2, -0.15) is 0 Å². The number of hydrogen-bond donors (Lipinski definition) is 3. The molecule has 0 fully saturated rings. The number of aliphatic hydroxyl groups excluding tert-OH is 1. The summed E-state index contributed by atoms with van der Waals surface area (Å²) in [6.07, 6.45) is 3.88. The van der Waals surface area contributed by atoms with E-state index >= 15 is 0 Å². The maximum Gasteiger partial charge on any atom is 0.328 e. The van der Waals surface area contributed by atoms with E-state index in [1.165, 1.54) is 17.2 Å². The summed E-state index contributed by atoms with van der Waals surface area (Å²) in [5, 5.41) is 22.3. The Labute approximate surface area is 198 Å². The summed E-state index contributed by atoms with van der Waals surface area (Å²) in [7, 11) is 0. The molecular weight excluding hydrogens is 452 g/mol. The minimum Gasteiger partial charge on any atom is -0.491 e. The van der Waals surface area contributed by atoms with E-state index in [2.05, 4.69) is 43.4 Å². The van der Waals surface area contributed by atoms with Gasteiger partial charge in [0.1, 0.15) is 18.5 Å². The standard InChI is InChI=1S/C25H29F2NO4.ClH/c1-25(2,13-16-9-17-5-3-4-6-18(17)10-16)28-14-20(29)15-32-21-11-19(7-8-23(30)31)24(27)22(26)12-21;/h3-8,11-12,16,20,28-29H,9-10,13-15H2,1-2H3,(H,30,31);1H/b8-7+;/t20-;/m1./s1. The molecule has 2 aromatic rings. The van der Waals surface area contributed by atoms with Gasteiger partial charge in [0.15, 0.2) is 11.6 Å². The van der Waals surface area contributed by atoms with Crippen molar-refractivity contribution in [3.63, 3.8) is 0 Å².